The van der Waals surface area contributed by atoms with Gasteiger partial charge in [0.05, 0.1) is 5.41 Å². The van der Waals surface area contributed by atoms with Crippen LogP contribution >= 0.6 is 0 Å². The molecule has 1 saturated carbocycles. The SMILES string of the molecule is Cc1ccc(NC(=O)NCC2(C(=O)O)CCCC2)cc1F. The molecule has 3 N–H and O–H groups in total. The van der Waals surface area contributed by atoms with Gasteiger partial charge in [-0.1, -0.05) is 18.9 Å². The Morgan fingerprint density at radius 1 is 1.33 bits per heavy atom. The van der Waals surface area contributed by atoms with Gasteiger partial charge in [0.25, 0.3) is 0 Å². The first kappa shape index (κ1) is 15.3. The lowest BCUT2D eigenvalue weighted by molar-refractivity contribution is -0.148. The Morgan fingerprint density at radius 3 is 2.57 bits per heavy atom. The molecule has 0 saturated heterocycles. The van der Waals surface area contributed by atoms with Crippen molar-refractivity contribution in [3.05, 3.63) is 29.6 Å². The fourth-order valence-electron chi connectivity index (χ4n) is 2.61. The average Bonchev–Trinajstić information content (AvgIpc) is 2.91. The first-order valence-corrected chi connectivity index (χ1v) is 6.97. The minimum atomic E-state index is -0.873. The second-order valence-electron chi connectivity index (χ2n) is 5.56. The topological polar surface area (TPSA) is 78.4 Å². The normalized spacial score (nSPS) is 16.5. The fraction of sp³-hybridized carbons (Fsp3) is 0.467. The number of rotatable bonds is 4. The minimum Gasteiger partial charge on any atom is -0.481 e. The van der Waals surface area contributed by atoms with Crippen molar-refractivity contribution in [3.63, 3.8) is 0 Å². The maximum absolute atomic E-state index is 13.4. The van der Waals surface area contributed by atoms with Gasteiger partial charge < -0.3 is 15.7 Å². The summed E-state index contributed by atoms with van der Waals surface area (Å²) in [4.78, 5) is 23.1. The number of halogens is 1. The number of carbonyl (C=O) groups excluding carboxylic acids is 1. The van der Waals surface area contributed by atoms with E-state index in [1.807, 2.05) is 0 Å². The summed E-state index contributed by atoms with van der Waals surface area (Å²) in [7, 11) is 0. The predicted molar refractivity (Wildman–Crippen MR) is 76.7 cm³/mol. The highest BCUT2D eigenvalue weighted by Crippen LogP contribution is 2.37. The predicted octanol–water partition coefficient (Wildman–Crippen LogP) is 2.90. The maximum atomic E-state index is 13.4. The molecule has 1 aliphatic carbocycles. The number of carboxylic acid groups (broad SMARTS) is 1. The zero-order chi connectivity index (χ0) is 15.5. The Bertz CT molecular complexity index is 554. The summed E-state index contributed by atoms with van der Waals surface area (Å²) in [5.41, 5.74) is -0.0290. The third kappa shape index (κ3) is 3.51. The van der Waals surface area contributed by atoms with Crippen LogP contribution in [-0.4, -0.2) is 23.7 Å². The highest BCUT2D eigenvalue weighted by Gasteiger charge is 2.41. The van der Waals surface area contributed by atoms with Crippen LogP contribution in [-0.2, 0) is 4.79 Å². The van der Waals surface area contributed by atoms with Gasteiger partial charge in [-0.25, -0.2) is 9.18 Å². The molecule has 0 unspecified atom stereocenters. The van der Waals surface area contributed by atoms with E-state index >= 15 is 0 Å². The summed E-state index contributed by atoms with van der Waals surface area (Å²) >= 11 is 0. The summed E-state index contributed by atoms with van der Waals surface area (Å²) in [5, 5.41) is 14.4. The summed E-state index contributed by atoms with van der Waals surface area (Å²) in [5.74, 6) is -1.27. The first-order valence-electron chi connectivity index (χ1n) is 6.97. The zero-order valence-electron chi connectivity index (χ0n) is 11.9. The molecule has 0 spiro atoms. The van der Waals surface area contributed by atoms with E-state index in [-0.39, 0.29) is 6.54 Å². The number of aliphatic carboxylic acids is 1. The number of benzene rings is 1. The third-order valence-electron chi connectivity index (χ3n) is 4.03. The number of carboxylic acids is 1. The van der Waals surface area contributed by atoms with Crippen LogP contribution in [0.2, 0.25) is 0 Å². The van der Waals surface area contributed by atoms with E-state index in [2.05, 4.69) is 10.6 Å². The molecule has 5 nitrogen and oxygen atoms in total. The molecule has 0 heterocycles. The Labute approximate surface area is 122 Å². The smallest absolute Gasteiger partial charge is 0.319 e. The Balaban J connectivity index is 1.92. The molecular weight excluding hydrogens is 275 g/mol. The van der Waals surface area contributed by atoms with Gasteiger partial charge in [0.2, 0.25) is 0 Å². The lowest BCUT2D eigenvalue weighted by Gasteiger charge is -2.24. The highest BCUT2D eigenvalue weighted by molar-refractivity contribution is 5.89. The van der Waals surface area contributed by atoms with Gasteiger partial charge in [0.15, 0.2) is 0 Å². The number of amides is 2. The molecule has 2 rings (SSSR count). The fourth-order valence-corrected chi connectivity index (χ4v) is 2.61. The second kappa shape index (κ2) is 6.11. The Morgan fingerprint density at radius 2 is 2.00 bits per heavy atom. The van der Waals surface area contributed by atoms with Crippen molar-refractivity contribution < 1.29 is 19.1 Å². The quantitative estimate of drug-likeness (QED) is 0.799. The van der Waals surface area contributed by atoms with E-state index in [9.17, 15) is 19.1 Å². The highest BCUT2D eigenvalue weighted by atomic mass is 19.1. The maximum Gasteiger partial charge on any atom is 0.319 e. The molecule has 0 atom stereocenters. The van der Waals surface area contributed by atoms with Gasteiger partial charge >= 0.3 is 12.0 Å². The molecular formula is C15H19FN2O3. The number of hydrogen-bond acceptors (Lipinski definition) is 2. The van der Waals surface area contributed by atoms with Crippen LogP contribution in [0, 0.1) is 18.2 Å². The minimum absolute atomic E-state index is 0.0858. The van der Waals surface area contributed by atoms with Crippen LogP contribution in [0.1, 0.15) is 31.2 Å². The molecule has 1 aliphatic rings. The number of urea groups is 1. The largest absolute Gasteiger partial charge is 0.481 e. The van der Waals surface area contributed by atoms with Gasteiger partial charge in [-0.3, -0.25) is 4.79 Å². The number of anilines is 1. The van der Waals surface area contributed by atoms with Crippen LogP contribution < -0.4 is 10.6 Å². The average molecular weight is 294 g/mol. The zero-order valence-corrected chi connectivity index (χ0v) is 11.9. The second-order valence-corrected chi connectivity index (χ2v) is 5.56. The van der Waals surface area contributed by atoms with Crippen molar-refractivity contribution in [1.82, 2.24) is 5.32 Å². The van der Waals surface area contributed by atoms with Crippen molar-refractivity contribution in [1.29, 1.82) is 0 Å². The van der Waals surface area contributed by atoms with Gasteiger partial charge in [0, 0.05) is 12.2 Å². The molecule has 1 aromatic carbocycles. The summed E-state index contributed by atoms with van der Waals surface area (Å²) in [6, 6.07) is 3.88. The molecule has 1 fully saturated rings. The molecule has 0 radical (unpaired) electrons. The van der Waals surface area contributed by atoms with E-state index in [1.54, 1.807) is 19.1 Å². The molecule has 1 aromatic rings. The van der Waals surface area contributed by atoms with E-state index in [0.29, 0.717) is 24.1 Å². The van der Waals surface area contributed by atoms with E-state index in [4.69, 9.17) is 0 Å². The van der Waals surface area contributed by atoms with Crippen molar-refractivity contribution in [2.45, 2.75) is 32.6 Å². The van der Waals surface area contributed by atoms with Crippen molar-refractivity contribution in [2.75, 3.05) is 11.9 Å². The van der Waals surface area contributed by atoms with Gasteiger partial charge in [-0.2, -0.15) is 0 Å². The standard InChI is InChI=1S/C15H19FN2O3/c1-10-4-5-11(8-12(10)16)18-14(21)17-9-15(13(19)20)6-2-3-7-15/h4-5,8H,2-3,6-7,9H2,1H3,(H,19,20)(H2,17,18,21). The van der Waals surface area contributed by atoms with Crippen LogP contribution in [0.25, 0.3) is 0 Å². The van der Waals surface area contributed by atoms with Crippen LogP contribution in [0.4, 0.5) is 14.9 Å². The van der Waals surface area contributed by atoms with E-state index in [0.717, 1.165) is 12.8 Å². The molecule has 21 heavy (non-hydrogen) atoms. The van der Waals surface area contributed by atoms with Gasteiger partial charge in [-0.15, -0.1) is 0 Å². The molecule has 2 amide bonds. The van der Waals surface area contributed by atoms with Gasteiger partial charge in [-0.05, 0) is 37.5 Å². The van der Waals surface area contributed by atoms with Crippen LogP contribution in [0.3, 0.4) is 0 Å². The van der Waals surface area contributed by atoms with Crippen molar-refractivity contribution >= 4 is 17.7 Å². The van der Waals surface area contributed by atoms with Crippen molar-refractivity contribution in [3.8, 4) is 0 Å². The third-order valence-corrected chi connectivity index (χ3v) is 4.03. The molecule has 0 aromatic heterocycles. The number of hydrogen-bond donors (Lipinski definition) is 3. The summed E-state index contributed by atoms with van der Waals surface area (Å²) in [6.07, 6.45) is 2.86. The lowest BCUT2D eigenvalue weighted by Crippen LogP contribution is -2.42. The van der Waals surface area contributed by atoms with E-state index < -0.39 is 23.2 Å². The summed E-state index contributed by atoms with van der Waals surface area (Å²) < 4.78 is 13.4. The molecule has 0 aliphatic heterocycles. The Hall–Kier alpha value is -2.11. The Kier molecular flexibility index (Phi) is 4.45. The summed E-state index contributed by atoms with van der Waals surface area (Å²) in [6.45, 7) is 1.72. The molecule has 114 valence electrons. The van der Waals surface area contributed by atoms with E-state index in [1.165, 1.54) is 6.07 Å². The lowest BCUT2D eigenvalue weighted by atomic mass is 9.86. The number of carbonyl (C=O) groups is 2. The molecule has 6 heteroatoms. The van der Waals surface area contributed by atoms with Crippen molar-refractivity contribution in [2.24, 2.45) is 5.41 Å². The van der Waals surface area contributed by atoms with Crippen LogP contribution in [0.15, 0.2) is 18.2 Å². The monoisotopic (exact) mass is 294 g/mol. The molecule has 0 bridgehead atoms. The van der Waals surface area contributed by atoms with Gasteiger partial charge in [0.1, 0.15) is 5.82 Å². The van der Waals surface area contributed by atoms with Crippen LogP contribution in [0.5, 0.6) is 0 Å². The first-order chi connectivity index (χ1) is 9.93. The number of aryl methyl sites for hydroxylation is 1. The number of nitrogens with one attached hydrogen (secondary N) is 2.